The summed E-state index contributed by atoms with van der Waals surface area (Å²) in [4.78, 5) is 8.68. The number of benzene rings is 2. The van der Waals surface area contributed by atoms with Crippen molar-refractivity contribution in [1.82, 2.24) is 0 Å². The first kappa shape index (κ1) is 42.4. The monoisotopic (exact) mass is 699 g/mol. The van der Waals surface area contributed by atoms with Crippen LogP contribution in [0.25, 0.3) is 10.8 Å². The van der Waals surface area contributed by atoms with Gasteiger partial charge < -0.3 is 31.7 Å². The van der Waals surface area contributed by atoms with Gasteiger partial charge in [-0.3, -0.25) is 9.98 Å². The molecule has 2 aliphatic carbocycles. The number of quaternary nitrogens is 2. The molecular weight excluding hydrogens is 652 g/mol. The Hall–Kier alpha value is -2.58. The number of para-hydroxylation sites is 2. The molecule has 2 fully saturated rings. The number of rotatable bonds is 12. The Labute approximate surface area is 291 Å². The van der Waals surface area contributed by atoms with E-state index in [1.807, 2.05) is 24.3 Å². The van der Waals surface area contributed by atoms with Gasteiger partial charge in [0.2, 0.25) is 0 Å². The van der Waals surface area contributed by atoms with Crippen LogP contribution in [-0.2, 0) is 17.1 Å². The maximum atomic E-state index is 11.4. The van der Waals surface area contributed by atoms with Crippen molar-refractivity contribution >= 4 is 47.2 Å². The van der Waals surface area contributed by atoms with Gasteiger partial charge in [-0.25, -0.2) is 0 Å². The second-order valence-corrected chi connectivity index (χ2v) is 11.2. The van der Waals surface area contributed by atoms with E-state index >= 15 is 0 Å². The SMILES string of the molecule is [Cu+2].[N-]=C=S.[N-]=C=S.[O-]c1ccccc1C=NCCC[NH2+]C1CCCCC1.[O-]c1ccccc1C=NCCC[NH2+]C1CCCCC1. The molecule has 8 nitrogen and oxygen atoms in total. The van der Waals surface area contributed by atoms with E-state index in [2.05, 4.69) is 45.1 Å². The Morgan fingerprint density at radius 2 is 1.00 bits per heavy atom. The van der Waals surface area contributed by atoms with E-state index in [-0.39, 0.29) is 28.6 Å². The van der Waals surface area contributed by atoms with E-state index in [1.165, 1.54) is 74.5 Å². The van der Waals surface area contributed by atoms with Crippen LogP contribution in [0.2, 0.25) is 0 Å². The van der Waals surface area contributed by atoms with Crippen LogP contribution in [0.4, 0.5) is 0 Å². The molecule has 0 aliphatic heterocycles. The first-order valence-electron chi connectivity index (χ1n) is 15.8. The molecule has 0 spiro atoms. The Kier molecular flexibility index (Phi) is 28.4. The quantitative estimate of drug-likeness (QED) is 0.148. The van der Waals surface area contributed by atoms with E-state index in [0.29, 0.717) is 11.1 Å². The van der Waals surface area contributed by atoms with Crippen LogP contribution in [0.3, 0.4) is 0 Å². The van der Waals surface area contributed by atoms with Crippen molar-refractivity contribution in [2.24, 2.45) is 9.98 Å². The van der Waals surface area contributed by atoms with E-state index in [4.69, 9.17) is 10.8 Å². The molecule has 11 heteroatoms. The molecule has 0 unspecified atom stereocenters. The average Bonchev–Trinajstić information content (AvgIpc) is 3.04. The van der Waals surface area contributed by atoms with Crippen LogP contribution in [0.5, 0.6) is 11.5 Å². The largest absolute Gasteiger partial charge is 2.00 e. The predicted molar refractivity (Wildman–Crippen MR) is 185 cm³/mol. The van der Waals surface area contributed by atoms with Crippen molar-refractivity contribution in [2.75, 3.05) is 26.2 Å². The number of hydrogen-bond acceptors (Lipinski definition) is 6. The van der Waals surface area contributed by atoms with Crippen LogP contribution in [0.1, 0.15) is 88.2 Å². The summed E-state index contributed by atoms with van der Waals surface area (Å²) in [5, 5.41) is 44.8. The molecule has 4 rings (SSSR count). The van der Waals surface area contributed by atoms with Crippen molar-refractivity contribution in [2.45, 2.75) is 89.1 Å². The third-order valence-corrected chi connectivity index (χ3v) is 7.58. The second kappa shape index (κ2) is 30.1. The fourth-order valence-electron chi connectivity index (χ4n) is 5.31. The van der Waals surface area contributed by atoms with Crippen LogP contribution < -0.4 is 20.8 Å². The smallest absolute Gasteiger partial charge is 0.872 e. The molecule has 1 radical (unpaired) electrons. The summed E-state index contributed by atoms with van der Waals surface area (Å²) in [5.41, 5.74) is 1.39. The summed E-state index contributed by atoms with van der Waals surface area (Å²) in [6.07, 6.45) is 19.6. The number of thiocarbonyl (C=S) groups is 2. The molecule has 45 heavy (non-hydrogen) atoms. The van der Waals surface area contributed by atoms with Gasteiger partial charge in [0.1, 0.15) is 0 Å². The van der Waals surface area contributed by atoms with E-state index in [0.717, 1.165) is 51.1 Å². The van der Waals surface area contributed by atoms with Crippen LogP contribution in [0, 0.1) is 0 Å². The minimum absolute atomic E-state index is 0. The summed E-state index contributed by atoms with van der Waals surface area (Å²) in [5.74, 6) is 0.111. The molecule has 4 N–H and O–H groups in total. The Balaban J connectivity index is 0.000000719. The first-order valence-corrected chi connectivity index (χ1v) is 16.6. The Bertz CT molecular complexity index is 1050. The van der Waals surface area contributed by atoms with E-state index in [9.17, 15) is 10.2 Å². The third-order valence-electron chi connectivity index (χ3n) is 7.58. The van der Waals surface area contributed by atoms with Crippen molar-refractivity contribution in [1.29, 1.82) is 0 Å². The van der Waals surface area contributed by atoms with Crippen molar-refractivity contribution in [3.05, 3.63) is 70.5 Å². The van der Waals surface area contributed by atoms with Gasteiger partial charge in [-0.2, -0.15) is 10.3 Å². The zero-order valence-corrected chi connectivity index (χ0v) is 28.7. The number of isothiocyanates is 2. The molecule has 249 valence electrons. The topological polar surface area (TPSA) is 149 Å². The average molecular weight is 700 g/mol. The second-order valence-electron chi connectivity index (χ2n) is 10.9. The summed E-state index contributed by atoms with van der Waals surface area (Å²) in [6.45, 7) is 3.94. The number of nitrogens with two attached hydrogens (primary N) is 2. The maximum Gasteiger partial charge on any atom is 2.00 e. The van der Waals surface area contributed by atoms with Crippen molar-refractivity contribution in [3.8, 4) is 11.5 Å². The van der Waals surface area contributed by atoms with Crippen molar-refractivity contribution < 1.29 is 37.9 Å². The zero-order valence-electron chi connectivity index (χ0n) is 26.1. The van der Waals surface area contributed by atoms with Crippen LogP contribution in [-0.4, -0.2) is 61.0 Å². The van der Waals surface area contributed by atoms with Crippen molar-refractivity contribution in [3.63, 3.8) is 0 Å². The molecule has 0 bridgehead atoms. The number of hydrogen-bond donors (Lipinski definition) is 2. The zero-order chi connectivity index (χ0) is 32.1. The fraction of sp³-hybridized carbons (Fsp3) is 0.529. The molecular formula is C34H48CuN6O2S2. The predicted octanol–water partition coefficient (Wildman–Crippen LogP) is 4.25. The molecule has 2 aromatic carbocycles. The van der Waals surface area contributed by atoms with Gasteiger partial charge in [0.15, 0.2) is 0 Å². The molecule has 0 saturated heterocycles. The first-order chi connectivity index (χ1) is 21.5. The maximum absolute atomic E-state index is 11.4. The Morgan fingerprint density at radius 1 is 0.667 bits per heavy atom. The molecule has 0 aromatic heterocycles. The standard InChI is InChI=1S/2C16H24N2O.2CNS.Cu/c2*19-16-10-5-4-7-14(16)13-17-11-6-12-18-15-8-2-1-3-9-15;2*2-1-3;/h2*4-5,7,10,13,15,18-19H,1-3,6,8-9,11-12H2;;;/q;;2*-1;+2. The summed E-state index contributed by atoms with van der Waals surface area (Å²) >= 11 is 7.40. The van der Waals surface area contributed by atoms with Gasteiger partial charge in [0.25, 0.3) is 0 Å². The fourth-order valence-corrected chi connectivity index (χ4v) is 5.31. The molecule has 0 amide bonds. The van der Waals surface area contributed by atoms with E-state index in [1.54, 1.807) is 36.7 Å². The van der Waals surface area contributed by atoms with Crippen LogP contribution >= 0.6 is 24.4 Å². The normalized spacial score (nSPS) is 14.8. The molecule has 0 heterocycles. The van der Waals surface area contributed by atoms with Gasteiger partial charge >= 0.3 is 17.1 Å². The van der Waals surface area contributed by atoms with Gasteiger partial charge in [-0.1, -0.05) is 85.8 Å². The molecule has 2 saturated carbocycles. The minimum atomic E-state index is 0. The molecule has 2 aromatic rings. The number of nitrogens with zero attached hydrogens (tertiary/aromatic N) is 4. The third kappa shape index (κ3) is 22.6. The number of aliphatic imine (C=N–C) groups is 2. The minimum Gasteiger partial charge on any atom is -0.872 e. The summed E-state index contributed by atoms with van der Waals surface area (Å²) < 4.78 is 0. The van der Waals surface area contributed by atoms with Gasteiger partial charge in [-0.15, -0.1) is 11.5 Å². The molecule has 2 aliphatic rings. The van der Waals surface area contributed by atoms with Crippen LogP contribution in [0.15, 0.2) is 58.5 Å². The van der Waals surface area contributed by atoms with Gasteiger partial charge in [0, 0.05) is 38.4 Å². The van der Waals surface area contributed by atoms with E-state index < -0.39 is 0 Å². The summed E-state index contributed by atoms with van der Waals surface area (Å²) in [7, 11) is 0. The molecule has 0 atom stereocenters. The van der Waals surface area contributed by atoms with Gasteiger partial charge in [-0.05, 0) is 62.5 Å². The van der Waals surface area contributed by atoms with Gasteiger partial charge in [0.05, 0.1) is 25.2 Å². The summed E-state index contributed by atoms with van der Waals surface area (Å²) in [6, 6.07) is 15.8. The Morgan fingerprint density at radius 3 is 1.33 bits per heavy atom.